The lowest BCUT2D eigenvalue weighted by molar-refractivity contribution is -0.142. The number of aromatic nitrogens is 1. The molecule has 1 heterocycles. The summed E-state index contributed by atoms with van der Waals surface area (Å²) in [5.41, 5.74) is 1.17. The zero-order valence-corrected chi connectivity index (χ0v) is 13.3. The SMILES string of the molecule is CC.CC.[B]c1ccnc(C(C)(C)COC(C)=O)c1. The smallest absolute Gasteiger partial charge is 0.302 e. The van der Waals surface area contributed by atoms with Crippen LogP contribution in [-0.4, -0.2) is 25.4 Å². The molecule has 0 amide bonds. The van der Waals surface area contributed by atoms with E-state index in [9.17, 15) is 4.79 Å². The molecule has 19 heavy (non-hydrogen) atoms. The van der Waals surface area contributed by atoms with Gasteiger partial charge in [-0.1, -0.05) is 53.1 Å². The molecule has 0 fully saturated rings. The van der Waals surface area contributed by atoms with Crippen molar-refractivity contribution >= 4 is 19.3 Å². The molecule has 1 aromatic heterocycles. The summed E-state index contributed by atoms with van der Waals surface area (Å²) in [5, 5.41) is 0. The van der Waals surface area contributed by atoms with Crippen LogP contribution in [0.25, 0.3) is 0 Å². The van der Waals surface area contributed by atoms with Crippen molar-refractivity contribution in [3.05, 3.63) is 24.0 Å². The molecule has 0 spiro atoms. The van der Waals surface area contributed by atoms with Crippen LogP contribution in [0.5, 0.6) is 0 Å². The van der Waals surface area contributed by atoms with Crippen molar-refractivity contribution in [3.63, 3.8) is 0 Å². The maximum Gasteiger partial charge on any atom is 0.302 e. The summed E-state index contributed by atoms with van der Waals surface area (Å²) >= 11 is 0. The predicted molar refractivity (Wildman–Crippen MR) is 82.0 cm³/mol. The van der Waals surface area contributed by atoms with Gasteiger partial charge in [0.1, 0.15) is 14.5 Å². The van der Waals surface area contributed by atoms with Crippen molar-refractivity contribution in [1.29, 1.82) is 0 Å². The van der Waals surface area contributed by atoms with Gasteiger partial charge in [-0.3, -0.25) is 9.78 Å². The van der Waals surface area contributed by atoms with Gasteiger partial charge >= 0.3 is 5.97 Å². The summed E-state index contributed by atoms with van der Waals surface area (Å²) in [6, 6.07) is 3.52. The second-order valence-electron chi connectivity index (χ2n) is 4.14. The van der Waals surface area contributed by atoms with Crippen molar-refractivity contribution in [2.75, 3.05) is 6.61 Å². The average Bonchev–Trinajstić information content (AvgIpc) is 2.41. The fourth-order valence-corrected chi connectivity index (χ4v) is 1.17. The molecule has 3 nitrogen and oxygen atoms in total. The highest BCUT2D eigenvalue weighted by Gasteiger charge is 2.23. The molecule has 0 unspecified atom stereocenters. The Hall–Kier alpha value is -1.32. The van der Waals surface area contributed by atoms with Crippen LogP contribution < -0.4 is 5.46 Å². The Labute approximate surface area is 119 Å². The van der Waals surface area contributed by atoms with Crippen molar-refractivity contribution in [1.82, 2.24) is 4.98 Å². The fraction of sp³-hybridized carbons (Fsp3) is 0.600. The zero-order chi connectivity index (χ0) is 15.5. The van der Waals surface area contributed by atoms with Gasteiger partial charge in [-0.05, 0) is 6.07 Å². The molecule has 2 radical (unpaired) electrons. The van der Waals surface area contributed by atoms with E-state index in [2.05, 4.69) is 4.98 Å². The fourth-order valence-electron chi connectivity index (χ4n) is 1.17. The molecule has 106 valence electrons. The molecule has 1 aromatic rings. The van der Waals surface area contributed by atoms with Crippen LogP contribution in [0.1, 0.15) is 54.2 Å². The number of ether oxygens (including phenoxy) is 1. The molecule has 1 rings (SSSR count). The molecule has 0 aliphatic heterocycles. The highest BCUT2D eigenvalue weighted by Crippen LogP contribution is 2.20. The molecule has 0 saturated heterocycles. The van der Waals surface area contributed by atoms with Crippen LogP contribution in [-0.2, 0) is 14.9 Å². The Bertz CT molecular complexity index is 365. The Morgan fingerprint density at radius 1 is 1.32 bits per heavy atom. The minimum absolute atomic E-state index is 0.285. The maximum absolute atomic E-state index is 10.7. The van der Waals surface area contributed by atoms with Gasteiger partial charge in [0.25, 0.3) is 0 Å². The molecular formula is C15H26BNO2. The minimum atomic E-state index is -0.318. The highest BCUT2D eigenvalue weighted by molar-refractivity contribution is 6.32. The number of esters is 1. The monoisotopic (exact) mass is 263 g/mol. The summed E-state index contributed by atoms with van der Waals surface area (Å²) in [7, 11) is 5.66. The molecule has 0 aliphatic carbocycles. The standard InChI is InChI=1S/C11H14BNO2.2C2H6/c1-8(14)15-7-11(2,3)10-6-9(12)4-5-13-10;2*1-2/h4-6H,7H2,1-3H3;2*1-2H3. The third kappa shape index (κ3) is 8.41. The van der Waals surface area contributed by atoms with Gasteiger partial charge in [0.2, 0.25) is 0 Å². The topological polar surface area (TPSA) is 39.2 Å². The van der Waals surface area contributed by atoms with E-state index in [-0.39, 0.29) is 11.4 Å². The predicted octanol–water partition coefficient (Wildman–Crippen LogP) is 2.77. The van der Waals surface area contributed by atoms with Crippen LogP contribution in [0, 0.1) is 0 Å². The van der Waals surface area contributed by atoms with E-state index in [1.54, 1.807) is 18.3 Å². The molecule has 4 heteroatoms. The van der Waals surface area contributed by atoms with E-state index < -0.39 is 0 Å². The summed E-state index contributed by atoms with van der Waals surface area (Å²) < 4.78 is 4.98. The van der Waals surface area contributed by atoms with Crippen LogP contribution in [0.2, 0.25) is 0 Å². The maximum atomic E-state index is 10.7. The first-order valence-corrected chi connectivity index (χ1v) is 6.77. The summed E-state index contributed by atoms with van der Waals surface area (Å²) in [4.78, 5) is 14.9. The van der Waals surface area contributed by atoms with Crippen LogP contribution in [0.15, 0.2) is 18.3 Å². The first kappa shape index (κ1) is 20.0. The van der Waals surface area contributed by atoms with Gasteiger partial charge in [0.15, 0.2) is 0 Å². The van der Waals surface area contributed by atoms with Gasteiger partial charge in [-0.2, -0.15) is 0 Å². The number of pyridine rings is 1. The lowest BCUT2D eigenvalue weighted by Gasteiger charge is -2.23. The largest absolute Gasteiger partial charge is 0.465 e. The van der Waals surface area contributed by atoms with Crippen LogP contribution >= 0.6 is 0 Å². The Morgan fingerprint density at radius 2 is 1.84 bits per heavy atom. The van der Waals surface area contributed by atoms with Gasteiger partial charge in [-0.15, -0.1) is 0 Å². The number of hydrogen-bond acceptors (Lipinski definition) is 3. The second-order valence-corrected chi connectivity index (χ2v) is 4.14. The number of hydrogen-bond donors (Lipinski definition) is 0. The highest BCUT2D eigenvalue weighted by atomic mass is 16.5. The van der Waals surface area contributed by atoms with E-state index in [4.69, 9.17) is 12.6 Å². The molecule has 0 N–H and O–H groups in total. The van der Waals surface area contributed by atoms with Crippen molar-refractivity contribution in [2.24, 2.45) is 0 Å². The Kier molecular flexibility index (Phi) is 11.2. The molecule has 0 saturated carbocycles. The average molecular weight is 263 g/mol. The summed E-state index contributed by atoms with van der Waals surface area (Å²) in [6.07, 6.45) is 1.65. The van der Waals surface area contributed by atoms with Crippen LogP contribution in [0.4, 0.5) is 0 Å². The van der Waals surface area contributed by atoms with E-state index >= 15 is 0 Å². The molecule has 0 atom stereocenters. The Morgan fingerprint density at radius 3 is 2.26 bits per heavy atom. The second kappa shape index (κ2) is 10.6. The number of carbonyl (C=O) groups is 1. The Balaban J connectivity index is 0. The third-order valence-corrected chi connectivity index (χ3v) is 2.11. The van der Waals surface area contributed by atoms with Crippen molar-refractivity contribution < 1.29 is 9.53 Å². The summed E-state index contributed by atoms with van der Waals surface area (Å²) in [6.45, 7) is 13.6. The van der Waals surface area contributed by atoms with Crippen molar-refractivity contribution in [2.45, 2.75) is 53.9 Å². The van der Waals surface area contributed by atoms with E-state index in [0.717, 1.165) is 5.69 Å². The number of nitrogens with zero attached hydrogens (tertiary/aromatic N) is 1. The lowest BCUT2D eigenvalue weighted by Crippen LogP contribution is -2.28. The quantitative estimate of drug-likeness (QED) is 0.621. The lowest BCUT2D eigenvalue weighted by atomic mass is 9.86. The first-order chi connectivity index (χ1) is 8.92. The third-order valence-electron chi connectivity index (χ3n) is 2.11. The molecule has 0 aliphatic rings. The van der Waals surface area contributed by atoms with E-state index in [1.165, 1.54) is 6.92 Å². The normalized spacial score (nSPS) is 9.42. The van der Waals surface area contributed by atoms with Gasteiger partial charge in [-0.25, -0.2) is 0 Å². The molecule has 0 bridgehead atoms. The van der Waals surface area contributed by atoms with E-state index in [1.807, 2.05) is 41.5 Å². The molecular weight excluding hydrogens is 237 g/mol. The minimum Gasteiger partial charge on any atom is -0.465 e. The van der Waals surface area contributed by atoms with Crippen LogP contribution in [0.3, 0.4) is 0 Å². The summed E-state index contributed by atoms with van der Waals surface area (Å²) in [5.74, 6) is -0.285. The van der Waals surface area contributed by atoms with Gasteiger partial charge < -0.3 is 4.74 Å². The van der Waals surface area contributed by atoms with Gasteiger partial charge in [0, 0.05) is 24.2 Å². The van der Waals surface area contributed by atoms with E-state index in [0.29, 0.717) is 12.1 Å². The molecule has 0 aromatic carbocycles. The zero-order valence-electron chi connectivity index (χ0n) is 13.3. The first-order valence-electron chi connectivity index (χ1n) is 6.77. The van der Waals surface area contributed by atoms with Gasteiger partial charge in [0.05, 0.1) is 0 Å². The number of carbonyl (C=O) groups excluding carboxylic acids is 1. The number of rotatable bonds is 3. The van der Waals surface area contributed by atoms with Crippen molar-refractivity contribution in [3.8, 4) is 0 Å².